The van der Waals surface area contributed by atoms with E-state index in [0.717, 1.165) is 17.7 Å². The third kappa shape index (κ3) is 2.57. The van der Waals surface area contributed by atoms with Gasteiger partial charge in [0.05, 0.1) is 10.9 Å². The minimum absolute atomic E-state index is 0.0378. The van der Waals surface area contributed by atoms with Crippen molar-refractivity contribution in [2.75, 3.05) is 0 Å². The molecule has 0 aromatic carbocycles. The smallest absolute Gasteiger partial charge is 0.246 e. The van der Waals surface area contributed by atoms with E-state index in [4.69, 9.17) is 11.6 Å². The lowest BCUT2D eigenvalue weighted by Gasteiger charge is -2.46. The Morgan fingerprint density at radius 2 is 2.14 bits per heavy atom. The molecule has 2 atom stereocenters. The van der Waals surface area contributed by atoms with Gasteiger partial charge < -0.3 is 10.2 Å². The topological polar surface area (TPSA) is 49.4 Å². The molecule has 2 unspecified atom stereocenters. The Bertz CT molecular complexity index is 584. The number of rotatable bonds is 4. The van der Waals surface area contributed by atoms with Crippen molar-refractivity contribution in [1.82, 2.24) is 10.2 Å². The van der Waals surface area contributed by atoms with Gasteiger partial charge in [-0.3, -0.25) is 9.59 Å². The Morgan fingerprint density at radius 1 is 1.43 bits per heavy atom. The predicted octanol–water partition coefficient (Wildman–Crippen LogP) is 2.81. The molecule has 1 aliphatic heterocycles. The third-order valence-corrected chi connectivity index (χ3v) is 5.84. The number of hydrogen-bond acceptors (Lipinski definition) is 3. The highest BCUT2D eigenvalue weighted by Gasteiger charge is 2.52. The molecule has 1 N–H and O–H groups in total. The Kier molecular flexibility index (Phi) is 3.74. The second-order valence-corrected chi connectivity index (χ2v) is 7.85. The molecule has 0 radical (unpaired) electrons. The first-order valence-electron chi connectivity index (χ1n) is 7.32. The maximum atomic E-state index is 12.8. The molecule has 2 aliphatic rings. The average Bonchev–Trinajstić information content (AvgIpc) is 3.22. The summed E-state index contributed by atoms with van der Waals surface area (Å²) in [7, 11) is 0. The second kappa shape index (κ2) is 5.29. The van der Waals surface area contributed by atoms with Gasteiger partial charge in [0.1, 0.15) is 11.6 Å². The number of amides is 2. The van der Waals surface area contributed by atoms with Gasteiger partial charge in [-0.15, -0.1) is 11.3 Å². The van der Waals surface area contributed by atoms with Crippen LogP contribution in [0.25, 0.3) is 0 Å². The second-order valence-electron chi connectivity index (χ2n) is 6.05. The average molecular weight is 327 g/mol. The van der Waals surface area contributed by atoms with Gasteiger partial charge in [-0.25, -0.2) is 0 Å². The van der Waals surface area contributed by atoms with Crippen LogP contribution in [0, 0.1) is 5.92 Å². The predicted molar refractivity (Wildman–Crippen MR) is 83.2 cm³/mol. The van der Waals surface area contributed by atoms with Gasteiger partial charge in [0.15, 0.2) is 0 Å². The van der Waals surface area contributed by atoms with Gasteiger partial charge in [-0.2, -0.15) is 0 Å². The van der Waals surface area contributed by atoms with Crippen molar-refractivity contribution in [2.24, 2.45) is 5.92 Å². The van der Waals surface area contributed by atoms with Crippen molar-refractivity contribution in [3.8, 4) is 0 Å². The Morgan fingerprint density at radius 3 is 2.67 bits per heavy atom. The SMILES string of the molecule is CCC1(C)C(=O)NC(C2CC2)C(=O)N1Cc1ccc(Cl)s1. The number of hydrogen-bond donors (Lipinski definition) is 1. The minimum Gasteiger partial charge on any atom is -0.342 e. The summed E-state index contributed by atoms with van der Waals surface area (Å²) >= 11 is 7.43. The quantitative estimate of drug-likeness (QED) is 0.925. The number of carbonyl (C=O) groups is 2. The molecule has 6 heteroatoms. The summed E-state index contributed by atoms with van der Waals surface area (Å²) < 4.78 is 0.704. The molecule has 2 amide bonds. The molecule has 0 bridgehead atoms. The molecule has 1 saturated heterocycles. The zero-order valence-corrected chi connectivity index (χ0v) is 13.8. The molecule has 21 heavy (non-hydrogen) atoms. The monoisotopic (exact) mass is 326 g/mol. The Balaban J connectivity index is 1.90. The van der Waals surface area contributed by atoms with Crippen LogP contribution >= 0.6 is 22.9 Å². The van der Waals surface area contributed by atoms with Crippen molar-refractivity contribution >= 4 is 34.8 Å². The van der Waals surface area contributed by atoms with Crippen molar-refractivity contribution < 1.29 is 9.59 Å². The molecule has 2 heterocycles. The van der Waals surface area contributed by atoms with Crippen LogP contribution in [0.15, 0.2) is 12.1 Å². The highest BCUT2D eigenvalue weighted by atomic mass is 35.5. The van der Waals surface area contributed by atoms with E-state index in [1.807, 2.05) is 26.0 Å². The maximum Gasteiger partial charge on any atom is 0.246 e. The first-order valence-corrected chi connectivity index (χ1v) is 8.52. The lowest BCUT2D eigenvalue weighted by Crippen LogP contribution is -2.69. The number of thiophene rings is 1. The summed E-state index contributed by atoms with van der Waals surface area (Å²) in [5, 5.41) is 2.94. The van der Waals surface area contributed by atoms with Crippen molar-refractivity contribution in [1.29, 1.82) is 0 Å². The van der Waals surface area contributed by atoms with Crippen LogP contribution in [-0.4, -0.2) is 28.3 Å². The lowest BCUT2D eigenvalue weighted by molar-refractivity contribution is -0.158. The van der Waals surface area contributed by atoms with Gasteiger partial charge in [-0.05, 0) is 44.2 Å². The van der Waals surface area contributed by atoms with Crippen molar-refractivity contribution in [3.63, 3.8) is 0 Å². The highest BCUT2D eigenvalue weighted by molar-refractivity contribution is 7.16. The lowest BCUT2D eigenvalue weighted by atomic mass is 9.89. The molecule has 3 rings (SSSR count). The largest absolute Gasteiger partial charge is 0.342 e. The molecule has 1 aromatic heterocycles. The Hall–Kier alpha value is -1.07. The van der Waals surface area contributed by atoms with Gasteiger partial charge >= 0.3 is 0 Å². The normalized spacial score (nSPS) is 29.7. The van der Waals surface area contributed by atoms with E-state index in [2.05, 4.69) is 5.32 Å². The van der Waals surface area contributed by atoms with E-state index in [1.165, 1.54) is 11.3 Å². The molecule has 2 fully saturated rings. The molecule has 114 valence electrons. The molecular formula is C15H19ClN2O2S. The highest BCUT2D eigenvalue weighted by Crippen LogP contribution is 2.38. The van der Waals surface area contributed by atoms with Crippen LogP contribution < -0.4 is 5.32 Å². The number of nitrogens with zero attached hydrogens (tertiary/aromatic N) is 1. The zero-order valence-electron chi connectivity index (χ0n) is 12.2. The van der Waals surface area contributed by atoms with Crippen molar-refractivity contribution in [2.45, 2.75) is 51.2 Å². The van der Waals surface area contributed by atoms with Crippen LogP contribution in [0.4, 0.5) is 0 Å². The Labute approximate surface area is 133 Å². The fourth-order valence-electron chi connectivity index (χ4n) is 2.84. The van der Waals surface area contributed by atoms with E-state index >= 15 is 0 Å². The molecule has 4 nitrogen and oxygen atoms in total. The summed E-state index contributed by atoms with van der Waals surface area (Å²) in [4.78, 5) is 28.1. The van der Waals surface area contributed by atoms with E-state index in [9.17, 15) is 9.59 Å². The molecule has 0 spiro atoms. The van der Waals surface area contributed by atoms with Gasteiger partial charge in [0.25, 0.3) is 0 Å². The van der Waals surface area contributed by atoms with E-state index in [1.54, 1.807) is 4.90 Å². The third-order valence-electron chi connectivity index (χ3n) is 4.63. The summed E-state index contributed by atoms with van der Waals surface area (Å²) in [6.45, 7) is 4.24. The fraction of sp³-hybridized carbons (Fsp3) is 0.600. The molecule has 1 aliphatic carbocycles. The van der Waals surface area contributed by atoms with Crippen LogP contribution in [0.1, 0.15) is 38.0 Å². The van der Waals surface area contributed by atoms with Gasteiger partial charge in [-0.1, -0.05) is 18.5 Å². The number of halogens is 1. The maximum absolute atomic E-state index is 12.8. The number of carbonyl (C=O) groups excluding carboxylic acids is 2. The minimum atomic E-state index is -0.779. The number of nitrogens with one attached hydrogen (secondary N) is 1. The van der Waals surface area contributed by atoms with Crippen LogP contribution in [0.3, 0.4) is 0 Å². The molecule has 1 aromatic rings. The standard InChI is InChI=1S/C15H19ClN2O2S/c1-3-15(2)14(20)17-12(9-4-5-9)13(19)18(15)8-10-6-7-11(16)21-10/h6-7,9,12H,3-5,8H2,1-2H3,(H,17,20). The van der Waals surface area contributed by atoms with Crippen LogP contribution in [-0.2, 0) is 16.1 Å². The summed E-state index contributed by atoms with van der Waals surface area (Å²) in [5.74, 6) is 0.326. The van der Waals surface area contributed by atoms with E-state index in [0.29, 0.717) is 23.2 Å². The van der Waals surface area contributed by atoms with Gasteiger partial charge in [0.2, 0.25) is 11.8 Å². The zero-order chi connectivity index (χ0) is 15.2. The molecular weight excluding hydrogens is 308 g/mol. The van der Waals surface area contributed by atoms with Crippen LogP contribution in [0.5, 0.6) is 0 Å². The van der Waals surface area contributed by atoms with E-state index in [-0.39, 0.29) is 17.9 Å². The number of piperazine rings is 1. The van der Waals surface area contributed by atoms with Crippen molar-refractivity contribution in [3.05, 3.63) is 21.3 Å². The summed E-state index contributed by atoms with van der Waals surface area (Å²) in [6.07, 6.45) is 2.65. The summed E-state index contributed by atoms with van der Waals surface area (Å²) in [6, 6.07) is 3.42. The summed E-state index contributed by atoms with van der Waals surface area (Å²) in [5.41, 5.74) is -0.779. The first-order chi connectivity index (χ1) is 9.95. The van der Waals surface area contributed by atoms with Crippen LogP contribution in [0.2, 0.25) is 4.34 Å². The fourth-order valence-corrected chi connectivity index (χ4v) is 3.91. The molecule has 1 saturated carbocycles. The van der Waals surface area contributed by atoms with Gasteiger partial charge in [0, 0.05) is 4.88 Å². The first kappa shape index (κ1) is 14.9. The van der Waals surface area contributed by atoms with E-state index < -0.39 is 5.54 Å².